The highest BCUT2D eigenvalue weighted by Gasteiger charge is 2.47. The molecule has 3 nitrogen and oxygen atoms in total. The molecule has 1 unspecified atom stereocenters. The summed E-state index contributed by atoms with van der Waals surface area (Å²) < 4.78 is 17.6. The van der Waals surface area contributed by atoms with Crippen LogP contribution in [-0.2, 0) is 4.57 Å². The van der Waals surface area contributed by atoms with E-state index in [1.54, 1.807) is 6.20 Å². The highest BCUT2D eigenvalue weighted by atomic mass is 31.2. The van der Waals surface area contributed by atoms with Crippen LogP contribution in [0, 0.1) is 0 Å². The van der Waals surface area contributed by atoms with Crippen molar-refractivity contribution in [2.24, 2.45) is 0 Å². The lowest BCUT2D eigenvalue weighted by atomic mass is 9.94. The maximum Gasteiger partial charge on any atom is 0.235 e. The minimum Gasteiger partial charge on any atom is -0.289 e. The van der Waals surface area contributed by atoms with Gasteiger partial charge in [-0.25, -0.2) is 0 Å². The zero-order valence-corrected chi connectivity index (χ0v) is 21.9. The van der Waals surface area contributed by atoms with Gasteiger partial charge in [0.15, 0.2) is 0 Å². The summed E-state index contributed by atoms with van der Waals surface area (Å²) in [6.45, 7) is 0. The summed E-state index contributed by atoms with van der Waals surface area (Å²) in [7, 11) is -3.17. The van der Waals surface area contributed by atoms with Gasteiger partial charge >= 0.3 is 0 Å². The van der Waals surface area contributed by atoms with Crippen LogP contribution in [0.5, 0.6) is 0 Å². The van der Waals surface area contributed by atoms with Crippen LogP contribution in [0.2, 0.25) is 0 Å². The van der Waals surface area contributed by atoms with Gasteiger partial charge in [-0.05, 0) is 70.3 Å². The van der Waals surface area contributed by atoms with Gasteiger partial charge in [-0.2, -0.15) is 0 Å². The number of anilines is 2. The summed E-state index contributed by atoms with van der Waals surface area (Å²) in [5.74, 6) is 0. The largest absolute Gasteiger partial charge is 0.289 e. The van der Waals surface area contributed by atoms with E-state index >= 15 is 4.57 Å². The third kappa shape index (κ3) is 3.17. The van der Waals surface area contributed by atoms with Crippen molar-refractivity contribution in [2.45, 2.75) is 0 Å². The number of rotatable bonds is 2. The molecule has 0 bridgehead atoms. The molecule has 5 aromatic carbocycles. The molecule has 1 atom stereocenters. The summed E-state index contributed by atoms with van der Waals surface area (Å²) in [5.41, 5.74) is 10.7. The Hall–Kier alpha value is -4.72. The topological polar surface area (TPSA) is 33.2 Å². The van der Waals surface area contributed by atoms with Crippen molar-refractivity contribution in [2.75, 3.05) is 4.67 Å². The molecular weight excluding hydrogens is 495 g/mol. The Bertz CT molecular complexity index is 1960. The fraction of sp³-hybridized carbons (Fsp3) is 0. The van der Waals surface area contributed by atoms with Crippen LogP contribution >= 0.6 is 7.29 Å². The van der Waals surface area contributed by atoms with Crippen molar-refractivity contribution in [1.82, 2.24) is 4.98 Å². The van der Waals surface area contributed by atoms with Crippen molar-refractivity contribution >= 4 is 29.3 Å². The average Bonchev–Trinajstić information content (AvgIpc) is 3.02. The van der Waals surface area contributed by atoms with E-state index in [1.165, 1.54) is 0 Å². The van der Waals surface area contributed by atoms with Gasteiger partial charge in [0, 0.05) is 39.7 Å². The number of fused-ring (bicyclic) bond motifs is 11. The standard InChI is InChI=1S/C35H23N2OP/c38-39-34-16-5-2-13-29(34)28-12-1-4-15-32(28)37(39)33-19-18-26(22-31(33)30-14-3-6-17-35(30)39)24-9-7-10-25(21-24)27-11-8-20-36-23-27/h1-23H. The smallest absolute Gasteiger partial charge is 0.235 e. The van der Waals surface area contributed by atoms with E-state index in [-0.39, 0.29) is 0 Å². The van der Waals surface area contributed by atoms with Gasteiger partial charge in [-0.3, -0.25) is 14.2 Å². The lowest BCUT2D eigenvalue weighted by molar-refractivity contribution is 0.586. The first kappa shape index (κ1) is 22.3. The molecule has 4 heteroatoms. The van der Waals surface area contributed by atoms with E-state index in [1.807, 2.05) is 54.7 Å². The zero-order valence-electron chi connectivity index (χ0n) is 21.0. The normalized spacial score (nSPS) is 16.4. The Morgan fingerprint density at radius 3 is 1.82 bits per heavy atom. The number of benzene rings is 5. The molecule has 0 spiro atoms. The van der Waals surface area contributed by atoms with E-state index in [0.29, 0.717) is 0 Å². The summed E-state index contributed by atoms with van der Waals surface area (Å²) in [5, 5.41) is 1.79. The number of hydrogen-bond donors (Lipinski definition) is 0. The second-order valence-electron chi connectivity index (χ2n) is 9.99. The molecule has 0 radical (unpaired) electrons. The fourth-order valence-electron chi connectivity index (χ4n) is 6.12. The van der Waals surface area contributed by atoms with Crippen LogP contribution in [0.15, 0.2) is 140 Å². The van der Waals surface area contributed by atoms with Gasteiger partial charge in [-0.1, -0.05) is 84.9 Å². The minimum absolute atomic E-state index is 0.890. The van der Waals surface area contributed by atoms with Crippen molar-refractivity contribution in [3.05, 3.63) is 140 Å². The third-order valence-corrected chi connectivity index (χ3v) is 11.0. The quantitative estimate of drug-likeness (QED) is 0.216. The lowest BCUT2D eigenvalue weighted by Crippen LogP contribution is -2.37. The predicted octanol–water partition coefficient (Wildman–Crippen LogP) is 8.44. The molecule has 3 heterocycles. The molecule has 1 aromatic heterocycles. The summed E-state index contributed by atoms with van der Waals surface area (Å²) >= 11 is 0. The SMILES string of the molecule is O=P12c3ccccc3-c3ccccc3N1c1ccc(-c3cccc(-c4cccnc4)c3)cc1-c1ccccc12. The average molecular weight is 519 g/mol. The Balaban J connectivity index is 1.37. The number of hydrogen-bond acceptors (Lipinski definition) is 2. The fourth-order valence-corrected chi connectivity index (χ4v) is 9.39. The van der Waals surface area contributed by atoms with Crippen LogP contribution < -0.4 is 15.3 Å². The van der Waals surface area contributed by atoms with Crippen molar-refractivity contribution in [3.63, 3.8) is 0 Å². The molecule has 0 fully saturated rings. The van der Waals surface area contributed by atoms with Crippen LogP contribution in [0.3, 0.4) is 0 Å². The first-order valence-corrected chi connectivity index (χ1v) is 14.7. The molecule has 6 aromatic rings. The van der Waals surface area contributed by atoms with Crippen LogP contribution in [0.25, 0.3) is 44.5 Å². The number of nitrogens with zero attached hydrogens (tertiary/aromatic N) is 2. The second kappa shape index (κ2) is 8.39. The van der Waals surface area contributed by atoms with Crippen molar-refractivity contribution in [1.29, 1.82) is 0 Å². The van der Waals surface area contributed by atoms with Gasteiger partial charge in [0.05, 0.1) is 11.4 Å². The van der Waals surface area contributed by atoms with E-state index in [0.717, 1.165) is 66.5 Å². The Kier molecular flexibility index (Phi) is 4.79. The maximum atomic E-state index is 15.5. The lowest BCUT2D eigenvalue weighted by Gasteiger charge is -2.44. The molecule has 0 aliphatic carbocycles. The third-order valence-electron chi connectivity index (χ3n) is 7.87. The second-order valence-corrected chi connectivity index (χ2v) is 12.5. The monoisotopic (exact) mass is 518 g/mol. The zero-order chi connectivity index (χ0) is 26.0. The minimum atomic E-state index is -3.17. The van der Waals surface area contributed by atoms with E-state index in [4.69, 9.17) is 0 Å². The molecule has 8 rings (SSSR count). The molecular formula is C35H23N2OP. The summed E-state index contributed by atoms with van der Waals surface area (Å²) in [6.07, 6.45) is 3.69. The summed E-state index contributed by atoms with van der Waals surface area (Å²) in [4.78, 5) is 4.29. The van der Waals surface area contributed by atoms with Gasteiger partial charge in [0.1, 0.15) is 0 Å². The molecule has 39 heavy (non-hydrogen) atoms. The highest BCUT2D eigenvalue weighted by Crippen LogP contribution is 2.65. The first-order chi connectivity index (χ1) is 19.2. The van der Waals surface area contributed by atoms with Crippen LogP contribution in [0.4, 0.5) is 11.4 Å². The number of pyridine rings is 1. The Morgan fingerprint density at radius 2 is 1.08 bits per heavy atom. The molecule has 0 saturated carbocycles. The van der Waals surface area contributed by atoms with Crippen LogP contribution in [-0.4, -0.2) is 4.98 Å². The molecule has 184 valence electrons. The van der Waals surface area contributed by atoms with E-state index < -0.39 is 7.29 Å². The maximum absolute atomic E-state index is 15.5. The van der Waals surface area contributed by atoms with Crippen LogP contribution in [0.1, 0.15) is 0 Å². The van der Waals surface area contributed by atoms with Gasteiger partial charge in [0.25, 0.3) is 0 Å². The molecule has 0 amide bonds. The molecule has 2 aliphatic heterocycles. The number of aromatic nitrogens is 1. The molecule has 0 N–H and O–H groups in total. The summed E-state index contributed by atoms with van der Waals surface area (Å²) in [6, 6.07) is 43.9. The first-order valence-electron chi connectivity index (χ1n) is 13.1. The Labute approximate surface area is 227 Å². The van der Waals surface area contributed by atoms with Gasteiger partial charge in [-0.15, -0.1) is 0 Å². The van der Waals surface area contributed by atoms with Crippen molar-refractivity contribution in [3.8, 4) is 44.5 Å². The predicted molar refractivity (Wildman–Crippen MR) is 161 cm³/mol. The van der Waals surface area contributed by atoms with E-state index in [2.05, 4.69) is 88.5 Å². The highest BCUT2D eigenvalue weighted by molar-refractivity contribution is 7.81. The number of para-hydroxylation sites is 1. The molecule has 0 saturated heterocycles. The molecule has 2 aliphatic rings. The Morgan fingerprint density at radius 1 is 0.487 bits per heavy atom. The van der Waals surface area contributed by atoms with Gasteiger partial charge < -0.3 is 0 Å². The van der Waals surface area contributed by atoms with Gasteiger partial charge in [0.2, 0.25) is 7.29 Å². The van der Waals surface area contributed by atoms with E-state index in [9.17, 15) is 0 Å². The van der Waals surface area contributed by atoms with Crippen molar-refractivity contribution < 1.29 is 4.57 Å².